The zero-order valence-electron chi connectivity index (χ0n) is 9.71. The highest BCUT2D eigenvalue weighted by molar-refractivity contribution is 5.36. The molecule has 0 spiro atoms. The molecule has 3 rings (SSSR count). The van der Waals surface area contributed by atoms with Crippen LogP contribution in [0.3, 0.4) is 0 Å². The van der Waals surface area contributed by atoms with Crippen molar-refractivity contribution in [2.45, 2.75) is 31.2 Å². The standard InChI is InChI=1S/C14H20N2/c15-10-14(16-9-11-5-6-11)7-12-3-1-2-4-13(12)8-14/h1-4,11,16H,5-10,15H2. The Kier molecular flexibility index (Phi) is 2.49. The third-order valence-corrected chi connectivity index (χ3v) is 4.03. The molecular formula is C14H20N2. The van der Waals surface area contributed by atoms with Crippen molar-refractivity contribution in [1.82, 2.24) is 5.32 Å². The summed E-state index contributed by atoms with van der Waals surface area (Å²) >= 11 is 0. The van der Waals surface area contributed by atoms with Gasteiger partial charge in [0.05, 0.1) is 0 Å². The van der Waals surface area contributed by atoms with Gasteiger partial charge in [0.25, 0.3) is 0 Å². The maximum Gasteiger partial charge on any atom is 0.0385 e. The normalized spacial score (nSPS) is 22.1. The Balaban J connectivity index is 1.73. The number of hydrogen-bond acceptors (Lipinski definition) is 2. The summed E-state index contributed by atoms with van der Waals surface area (Å²) in [5, 5.41) is 3.73. The predicted octanol–water partition coefficient (Wildman–Crippen LogP) is 1.48. The third kappa shape index (κ3) is 1.87. The van der Waals surface area contributed by atoms with Gasteiger partial charge in [0.1, 0.15) is 0 Å². The van der Waals surface area contributed by atoms with Crippen molar-refractivity contribution in [3.8, 4) is 0 Å². The molecule has 2 heteroatoms. The van der Waals surface area contributed by atoms with Crippen LogP contribution in [0.2, 0.25) is 0 Å². The fourth-order valence-electron chi connectivity index (χ4n) is 2.72. The van der Waals surface area contributed by atoms with Crippen LogP contribution < -0.4 is 11.1 Å². The molecule has 0 amide bonds. The van der Waals surface area contributed by atoms with Crippen molar-refractivity contribution < 1.29 is 0 Å². The molecule has 0 saturated heterocycles. The monoisotopic (exact) mass is 216 g/mol. The smallest absolute Gasteiger partial charge is 0.0385 e. The quantitative estimate of drug-likeness (QED) is 0.800. The van der Waals surface area contributed by atoms with E-state index in [1.165, 1.54) is 24.0 Å². The van der Waals surface area contributed by atoms with E-state index in [-0.39, 0.29) is 5.54 Å². The number of nitrogens with two attached hydrogens (primary N) is 1. The number of nitrogens with one attached hydrogen (secondary N) is 1. The van der Waals surface area contributed by atoms with Gasteiger partial charge in [-0.15, -0.1) is 0 Å². The van der Waals surface area contributed by atoms with E-state index in [4.69, 9.17) is 5.73 Å². The number of rotatable bonds is 4. The zero-order chi connectivity index (χ0) is 11.0. The second-order valence-corrected chi connectivity index (χ2v) is 5.43. The van der Waals surface area contributed by atoms with Crippen LogP contribution >= 0.6 is 0 Å². The highest BCUT2D eigenvalue weighted by Crippen LogP contribution is 2.32. The minimum Gasteiger partial charge on any atom is -0.329 e. The van der Waals surface area contributed by atoms with Crippen molar-refractivity contribution in [2.75, 3.05) is 13.1 Å². The molecule has 0 aliphatic heterocycles. The Morgan fingerprint density at radius 1 is 1.19 bits per heavy atom. The van der Waals surface area contributed by atoms with Crippen molar-refractivity contribution >= 4 is 0 Å². The predicted molar refractivity (Wildman–Crippen MR) is 66.4 cm³/mol. The lowest BCUT2D eigenvalue weighted by molar-refractivity contribution is 0.342. The molecule has 1 aromatic rings. The summed E-state index contributed by atoms with van der Waals surface area (Å²) in [6.45, 7) is 1.90. The maximum atomic E-state index is 5.99. The number of benzene rings is 1. The second-order valence-electron chi connectivity index (χ2n) is 5.43. The molecule has 0 aromatic heterocycles. The van der Waals surface area contributed by atoms with Gasteiger partial charge in [-0.3, -0.25) is 0 Å². The summed E-state index contributed by atoms with van der Waals surface area (Å²) in [6, 6.07) is 8.75. The van der Waals surface area contributed by atoms with Gasteiger partial charge >= 0.3 is 0 Å². The molecule has 1 fully saturated rings. The first-order chi connectivity index (χ1) is 7.81. The number of hydrogen-bond donors (Lipinski definition) is 2. The van der Waals surface area contributed by atoms with Crippen LogP contribution in [0, 0.1) is 5.92 Å². The van der Waals surface area contributed by atoms with E-state index < -0.39 is 0 Å². The van der Waals surface area contributed by atoms with Crippen molar-refractivity contribution in [1.29, 1.82) is 0 Å². The lowest BCUT2D eigenvalue weighted by Crippen LogP contribution is -2.52. The van der Waals surface area contributed by atoms with Gasteiger partial charge in [0, 0.05) is 12.1 Å². The van der Waals surface area contributed by atoms with Crippen LogP contribution in [0.25, 0.3) is 0 Å². The minimum absolute atomic E-state index is 0.145. The van der Waals surface area contributed by atoms with Crippen LogP contribution in [0.1, 0.15) is 24.0 Å². The first-order valence-electron chi connectivity index (χ1n) is 6.33. The average Bonchev–Trinajstić information content (AvgIpc) is 3.06. The fraction of sp³-hybridized carbons (Fsp3) is 0.571. The zero-order valence-corrected chi connectivity index (χ0v) is 9.71. The SMILES string of the molecule is NCC1(NCC2CC2)Cc2ccccc2C1. The Labute approximate surface area is 97.2 Å². The average molecular weight is 216 g/mol. The molecule has 2 nitrogen and oxygen atoms in total. The minimum atomic E-state index is 0.145. The third-order valence-electron chi connectivity index (χ3n) is 4.03. The molecule has 3 N–H and O–H groups in total. The molecule has 1 aromatic carbocycles. The largest absolute Gasteiger partial charge is 0.329 e. The van der Waals surface area contributed by atoms with Crippen LogP contribution in [0.15, 0.2) is 24.3 Å². The molecule has 2 aliphatic carbocycles. The summed E-state index contributed by atoms with van der Waals surface area (Å²) in [5.74, 6) is 0.923. The van der Waals surface area contributed by atoms with Gasteiger partial charge in [-0.25, -0.2) is 0 Å². The Morgan fingerprint density at radius 3 is 2.31 bits per heavy atom. The topological polar surface area (TPSA) is 38.0 Å². The maximum absolute atomic E-state index is 5.99. The molecule has 2 aliphatic rings. The Morgan fingerprint density at radius 2 is 1.81 bits per heavy atom. The van der Waals surface area contributed by atoms with Crippen LogP contribution in [-0.2, 0) is 12.8 Å². The van der Waals surface area contributed by atoms with Gasteiger partial charge in [0.15, 0.2) is 0 Å². The molecule has 0 unspecified atom stereocenters. The van der Waals surface area contributed by atoms with Gasteiger partial charge in [-0.2, -0.15) is 0 Å². The second kappa shape index (κ2) is 3.86. The van der Waals surface area contributed by atoms with Gasteiger partial charge in [-0.1, -0.05) is 24.3 Å². The first kappa shape index (κ1) is 10.3. The molecule has 0 heterocycles. The molecule has 0 bridgehead atoms. The summed E-state index contributed by atoms with van der Waals surface area (Å²) in [4.78, 5) is 0. The highest BCUT2D eigenvalue weighted by Gasteiger charge is 2.36. The Hall–Kier alpha value is -0.860. The van der Waals surface area contributed by atoms with Gasteiger partial charge in [-0.05, 0) is 49.3 Å². The first-order valence-corrected chi connectivity index (χ1v) is 6.33. The van der Waals surface area contributed by atoms with Crippen LogP contribution in [0.4, 0.5) is 0 Å². The van der Waals surface area contributed by atoms with Crippen LogP contribution in [0.5, 0.6) is 0 Å². The molecule has 1 saturated carbocycles. The van der Waals surface area contributed by atoms with E-state index in [2.05, 4.69) is 29.6 Å². The molecular weight excluding hydrogens is 196 g/mol. The van der Waals surface area contributed by atoms with Crippen molar-refractivity contribution in [3.63, 3.8) is 0 Å². The van der Waals surface area contributed by atoms with E-state index >= 15 is 0 Å². The molecule has 16 heavy (non-hydrogen) atoms. The lowest BCUT2D eigenvalue weighted by atomic mass is 9.95. The van der Waals surface area contributed by atoms with Gasteiger partial charge < -0.3 is 11.1 Å². The summed E-state index contributed by atoms with van der Waals surface area (Å²) in [7, 11) is 0. The molecule has 0 atom stereocenters. The highest BCUT2D eigenvalue weighted by atomic mass is 15.0. The van der Waals surface area contributed by atoms with E-state index in [1.807, 2.05) is 0 Å². The summed E-state index contributed by atoms with van der Waals surface area (Å²) < 4.78 is 0. The summed E-state index contributed by atoms with van der Waals surface area (Å²) in [6.07, 6.45) is 5.01. The fourth-order valence-corrected chi connectivity index (χ4v) is 2.72. The molecule has 0 radical (unpaired) electrons. The van der Waals surface area contributed by atoms with E-state index in [1.54, 1.807) is 0 Å². The van der Waals surface area contributed by atoms with Crippen LogP contribution in [-0.4, -0.2) is 18.6 Å². The van der Waals surface area contributed by atoms with Gasteiger partial charge in [0.2, 0.25) is 0 Å². The van der Waals surface area contributed by atoms with E-state index in [9.17, 15) is 0 Å². The van der Waals surface area contributed by atoms with Crippen molar-refractivity contribution in [2.24, 2.45) is 11.7 Å². The van der Waals surface area contributed by atoms with Crippen molar-refractivity contribution in [3.05, 3.63) is 35.4 Å². The van der Waals surface area contributed by atoms with E-state index in [0.717, 1.165) is 31.8 Å². The lowest BCUT2D eigenvalue weighted by Gasteiger charge is -2.29. The molecule has 86 valence electrons. The van der Waals surface area contributed by atoms with E-state index in [0.29, 0.717) is 0 Å². The summed E-state index contributed by atoms with van der Waals surface area (Å²) in [5.41, 5.74) is 9.10. The Bertz CT molecular complexity index is 357. The number of fused-ring (bicyclic) bond motifs is 1.